The summed E-state index contributed by atoms with van der Waals surface area (Å²) in [5, 5.41) is 9.75. The van der Waals surface area contributed by atoms with Gasteiger partial charge in [-0.15, -0.1) is 0 Å². The van der Waals surface area contributed by atoms with Crippen molar-refractivity contribution in [2.24, 2.45) is 0 Å². The molecule has 2 rings (SSSR count). The molecule has 0 aromatic rings. The molecule has 0 aromatic heterocycles. The van der Waals surface area contributed by atoms with Gasteiger partial charge in [-0.25, -0.2) is 0 Å². The first-order chi connectivity index (χ1) is 7.74. The molecule has 1 N–H and O–H groups in total. The van der Waals surface area contributed by atoms with Gasteiger partial charge in [0, 0.05) is 30.1 Å². The Balaban J connectivity index is 1.87. The van der Waals surface area contributed by atoms with Gasteiger partial charge in [0.05, 0.1) is 6.10 Å². The molecule has 1 aliphatic carbocycles. The number of hydrogen-bond acceptors (Lipinski definition) is 3. The van der Waals surface area contributed by atoms with E-state index in [-0.39, 0.29) is 6.10 Å². The van der Waals surface area contributed by atoms with Crippen molar-refractivity contribution in [2.75, 3.05) is 25.4 Å². The van der Waals surface area contributed by atoms with Crippen molar-refractivity contribution in [1.82, 2.24) is 4.90 Å². The molecule has 3 heteroatoms. The SMILES string of the molecule is CCC(O)CN1CCSC2(CCCCC2)C1. The maximum Gasteiger partial charge on any atom is 0.0664 e. The highest BCUT2D eigenvalue weighted by Gasteiger charge is 2.37. The third kappa shape index (κ3) is 3.14. The molecule has 16 heavy (non-hydrogen) atoms. The molecule has 1 saturated carbocycles. The first-order valence-electron chi connectivity index (χ1n) is 6.78. The molecule has 0 bridgehead atoms. The van der Waals surface area contributed by atoms with Crippen LogP contribution in [-0.2, 0) is 0 Å². The quantitative estimate of drug-likeness (QED) is 0.824. The van der Waals surface area contributed by atoms with Gasteiger partial charge in [0.25, 0.3) is 0 Å². The lowest BCUT2D eigenvalue weighted by molar-refractivity contribution is 0.0999. The van der Waals surface area contributed by atoms with Crippen LogP contribution >= 0.6 is 11.8 Å². The van der Waals surface area contributed by atoms with Gasteiger partial charge in [0.2, 0.25) is 0 Å². The minimum Gasteiger partial charge on any atom is -0.392 e. The molecule has 94 valence electrons. The van der Waals surface area contributed by atoms with Gasteiger partial charge < -0.3 is 5.11 Å². The van der Waals surface area contributed by atoms with Gasteiger partial charge >= 0.3 is 0 Å². The van der Waals surface area contributed by atoms with E-state index in [9.17, 15) is 5.11 Å². The number of hydrogen-bond donors (Lipinski definition) is 1. The van der Waals surface area contributed by atoms with Crippen molar-refractivity contribution < 1.29 is 5.11 Å². The zero-order valence-electron chi connectivity index (χ0n) is 10.5. The first kappa shape index (κ1) is 12.7. The molecule has 2 fully saturated rings. The molecule has 1 saturated heterocycles. The lowest BCUT2D eigenvalue weighted by Crippen LogP contribution is -2.49. The molecule has 0 radical (unpaired) electrons. The summed E-state index contributed by atoms with van der Waals surface area (Å²) in [5.74, 6) is 1.26. The Hall–Kier alpha value is 0.270. The van der Waals surface area contributed by atoms with E-state index < -0.39 is 0 Å². The fourth-order valence-electron chi connectivity index (χ4n) is 3.01. The lowest BCUT2D eigenvalue weighted by atomic mass is 9.87. The van der Waals surface area contributed by atoms with E-state index in [1.807, 2.05) is 0 Å². The lowest BCUT2D eigenvalue weighted by Gasteiger charge is -2.45. The Morgan fingerprint density at radius 1 is 1.31 bits per heavy atom. The van der Waals surface area contributed by atoms with Crippen molar-refractivity contribution in [3.05, 3.63) is 0 Å². The summed E-state index contributed by atoms with van der Waals surface area (Å²) >= 11 is 2.20. The summed E-state index contributed by atoms with van der Waals surface area (Å²) in [7, 11) is 0. The second kappa shape index (κ2) is 5.74. The molecule has 1 unspecified atom stereocenters. The molecule has 0 amide bonds. The molecular formula is C13H25NOS. The molecule has 1 atom stereocenters. The van der Waals surface area contributed by atoms with Crippen LogP contribution in [-0.4, -0.2) is 46.2 Å². The summed E-state index contributed by atoms with van der Waals surface area (Å²) in [6, 6.07) is 0. The maximum absolute atomic E-state index is 9.75. The normalized spacial score (nSPS) is 28.1. The minimum atomic E-state index is -0.122. The molecule has 0 aromatic carbocycles. The van der Waals surface area contributed by atoms with Crippen LogP contribution in [0.15, 0.2) is 0 Å². The van der Waals surface area contributed by atoms with E-state index in [0.717, 1.165) is 13.0 Å². The summed E-state index contributed by atoms with van der Waals surface area (Å²) in [6.45, 7) is 5.34. The van der Waals surface area contributed by atoms with Gasteiger partial charge in [-0.2, -0.15) is 11.8 Å². The van der Waals surface area contributed by atoms with Crippen LogP contribution in [0.5, 0.6) is 0 Å². The van der Waals surface area contributed by atoms with Gasteiger partial charge in [0.15, 0.2) is 0 Å². The number of aliphatic hydroxyl groups excluding tert-OH is 1. The molecule has 2 nitrogen and oxygen atoms in total. The van der Waals surface area contributed by atoms with Crippen LogP contribution in [0.1, 0.15) is 45.4 Å². The largest absolute Gasteiger partial charge is 0.392 e. The molecule has 2 aliphatic rings. The summed E-state index contributed by atoms with van der Waals surface area (Å²) in [6.07, 6.45) is 7.82. The number of rotatable bonds is 3. The zero-order valence-corrected chi connectivity index (χ0v) is 11.3. The van der Waals surface area contributed by atoms with Crippen LogP contribution in [0.3, 0.4) is 0 Å². The van der Waals surface area contributed by atoms with Crippen molar-refractivity contribution >= 4 is 11.8 Å². The van der Waals surface area contributed by atoms with Crippen LogP contribution in [0.2, 0.25) is 0 Å². The van der Waals surface area contributed by atoms with Crippen molar-refractivity contribution in [2.45, 2.75) is 56.3 Å². The third-order valence-corrected chi connectivity index (χ3v) is 5.57. The average molecular weight is 243 g/mol. The molecule has 1 aliphatic heterocycles. The topological polar surface area (TPSA) is 23.5 Å². The summed E-state index contributed by atoms with van der Waals surface area (Å²) in [4.78, 5) is 2.50. The van der Waals surface area contributed by atoms with E-state index in [2.05, 4.69) is 23.6 Å². The standard InChI is InChI=1S/C13H25NOS/c1-2-12(15)10-14-8-9-16-13(11-14)6-4-3-5-7-13/h12,15H,2-11H2,1H3. The fourth-order valence-corrected chi connectivity index (χ4v) is 4.64. The van der Waals surface area contributed by atoms with Crippen molar-refractivity contribution in [3.63, 3.8) is 0 Å². The third-order valence-electron chi connectivity index (χ3n) is 4.03. The second-order valence-corrected chi connectivity index (χ2v) is 6.95. The van der Waals surface area contributed by atoms with Crippen LogP contribution in [0, 0.1) is 0 Å². The minimum absolute atomic E-state index is 0.122. The second-order valence-electron chi connectivity index (χ2n) is 5.39. The summed E-state index contributed by atoms with van der Waals surface area (Å²) in [5.41, 5.74) is 0. The van der Waals surface area contributed by atoms with Crippen molar-refractivity contribution in [3.8, 4) is 0 Å². The Bertz CT molecular complexity index is 210. The molecule has 1 heterocycles. The zero-order chi connectivity index (χ0) is 11.4. The van der Waals surface area contributed by atoms with Crippen LogP contribution in [0.4, 0.5) is 0 Å². The Kier molecular flexibility index (Phi) is 4.57. The average Bonchev–Trinajstić information content (AvgIpc) is 2.30. The predicted octanol–water partition coefficient (Wildman–Crippen LogP) is 2.51. The van der Waals surface area contributed by atoms with Gasteiger partial charge in [-0.1, -0.05) is 26.2 Å². The highest BCUT2D eigenvalue weighted by molar-refractivity contribution is 8.00. The Labute approximate surface area is 104 Å². The van der Waals surface area contributed by atoms with E-state index in [1.54, 1.807) is 0 Å². The summed E-state index contributed by atoms with van der Waals surface area (Å²) < 4.78 is 0.546. The Morgan fingerprint density at radius 3 is 2.75 bits per heavy atom. The number of nitrogens with zero attached hydrogens (tertiary/aromatic N) is 1. The monoisotopic (exact) mass is 243 g/mol. The molecular weight excluding hydrogens is 218 g/mol. The number of thioether (sulfide) groups is 1. The predicted molar refractivity (Wildman–Crippen MR) is 71.0 cm³/mol. The number of β-amino-alcohol motifs (C(OH)–C–C–N with tert-alkyl or cyclic N) is 1. The van der Waals surface area contributed by atoms with E-state index >= 15 is 0 Å². The van der Waals surface area contributed by atoms with E-state index in [1.165, 1.54) is 50.9 Å². The highest BCUT2D eigenvalue weighted by Crippen LogP contribution is 2.42. The maximum atomic E-state index is 9.75. The molecule has 1 spiro atoms. The van der Waals surface area contributed by atoms with Crippen molar-refractivity contribution in [1.29, 1.82) is 0 Å². The Morgan fingerprint density at radius 2 is 2.06 bits per heavy atom. The smallest absolute Gasteiger partial charge is 0.0664 e. The highest BCUT2D eigenvalue weighted by atomic mass is 32.2. The fraction of sp³-hybridized carbons (Fsp3) is 1.00. The van der Waals surface area contributed by atoms with Gasteiger partial charge in [0.1, 0.15) is 0 Å². The first-order valence-corrected chi connectivity index (χ1v) is 7.77. The van der Waals surface area contributed by atoms with Gasteiger partial charge in [-0.05, 0) is 19.3 Å². The van der Waals surface area contributed by atoms with Gasteiger partial charge in [-0.3, -0.25) is 4.90 Å². The van der Waals surface area contributed by atoms with Crippen LogP contribution < -0.4 is 0 Å². The van der Waals surface area contributed by atoms with E-state index in [4.69, 9.17) is 0 Å². The van der Waals surface area contributed by atoms with E-state index in [0.29, 0.717) is 4.75 Å². The van der Waals surface area contributed by atoms with Crippen LogP contribution in [0.25, 0.3) is 0 Å². The number of aliphatic hydroxyl groups is 1.